The molecule has 0 amide bonds. The summed E-state index contributed by atoms with van der Waals surface area (Å²) in [7, 11) is 0. The Morgan fingerprint density at radius 1 is 1.14 bits per heavy atom. The number of nitrogens with zero attached hydrogens (tertiary/aromatic N) is 1. The van der Waals surface area contributed by atoms with Gasteiger partial charge in [0.1, 0.15) is 0 Å². The first-order chi connectivity index (χ1) is 10.3. The maximum absolute atomic E-state index is 10.5. The summed E-state index contributed by atoms with van der Waals surface area (Å²) < 4.78 is 0. The quantitative estimate of drug-likeness (QED) is 0.920. The third-order valence-corrected chi connectivity index (χ3v) is 5.65. The molecule has 0 aliphatic heterocycles. The second-order valence-electron chi connectivity index (χ2n) is 7.02. The van der Waals surface area contributed by atoms with Crippen molar-refractivity contribution in [3.8, 4) is 0 Å². The van der Waals surface area contributed by atoms with Gasteiger partial charge >= 0.3 is 0 Å². The number of hydrogen-bond acceptors (Lipinski definition) is 2. The van der Waals surface area contributed by atoms with Crippen LogP contribution >= 0.6 is 0 Å². The topological polar surface area (TPSA) is 33.1 Å². The molecule has 4 rings (SSSR count). The van der Waals surface area contributed by atoms with Crippen LogP contribution in [0.15, 0.2) is 36.5 Å². The number of para-hydroxylation sites is 1. The molecule has 2 aliphatic rings. The van der Waals surface area contributed by atoms with Crippen LogP contribution in [-0.4, -0.2) is 16.2 Å². The van der Waals surface area contributed by atoms with Crippen molar-refractivity contribution < 1.29 is 5.11 Å². The number of aliphatic hydroxyl groups is 1. The summed E-state index contributed by atoms with van der Waals surface area (Å²) in [6, 6.07) is 10.3. The maximum atomic E-state index is 10.5. The molecule has 21 heavy (non-hydrogen) atoms. The summed E-state index contributed by atoms with van der Waals surface area (Å²) >= 11 is 0. The zero-order chi connectivity index (χ0) is 14.2. The van der Waals surface area contributed by atoms with Crippen LogP contribution < -0.4 is 0 Å². The summed E-state index contributed by atoms with van der Waals surface area (Å²) in [5.41, 5.74) is 2.26. The van der Waals surface area contributed by atoms with E-state index in [1.807, 2.05) is 18.3 Å². The van der Waals surface area contributed by atoms with Crippen LogP contribution in [0.4, 0.5) is 0 Å². The highest BCUT2D eigenvalue weighted by molar-refractivity contribution is 5.81. The molecule has 2 fully saturated rings. The van der Waals surface area contributed by atoms with E-state index in [-0.39, 0.29) is 6.10 Å². The molecule has 1 aromatic carbocycles. The second kappa shape index (κ2) is 5.42. The van der Waals surface area contributed by atoms with Gasteiger partial charge in [0.2, 0.25) is 0 Å². The van der Waals surface area contributed by atoms with E-state index in [0.717, 1.165) is 36.1 Å². The van der Waals surface area contributed by atoms with E-state index in [2.05, 4.69) is 23.2 Å². The number of pyridine rings is 1. The number of rotatable bonds is 4. The molecule has 2 aliphatic carbocycles. The van der Waals surface area contributed by atoms with Gasteiger partial charge in [-0.15, -0.1) is 0 Å². The molecule has 110 valence electrons. The van der Waals surface area contributed by atoms with Crippen molar-refractivity contribution in [2.75, 3.05) is 0 Å². The Balaban J connectivity index is 1.47. The van der Waals surface area contributed by atoms with Gasteiger partial charge in [-0.1, -0.05) is 24.6 Å². The van der Waals surface area contributed by atoms with Gasteiger partial charge < -0.3 is 5.11 Å². The highest BCUT2D eigenvalue weighted by atomic mass is 16.3. The van der Waals surface area contributed by atoms with E-state index in [1.54, 1.807) is 0 Å². The summed E-state index contributed by atoms with van der Waals surface area (Å²) in [6.45, 7) is 0. The Morgan fingerprint density at radius 2 is 2.05 bits per heavy atom. The van der Waals surface area contributed by atoms with Crippen LogP contribution in [0.25, 0.3) is 10.9 Å². The van der Waals surface area contributed by atoms with Gasteiger partial charge in [0.25, 0.3) is 0 Å². The Bertz CT molecular complexity index is 633. The molecule has 0 saturated heterocycles. The number of fused-ring (bicyclic) bond motifs is 3. The monoisotopic (exact) mass is 281 g/mol. The van der Waals surface area contributed by atoms with Crippen molar-refractivity contribution in [3.63, 3.8) is 0 Å². The molecule has 1 N–H and O–H groups in total. The smallest absolute Gasteiger partial charge is 0.0704 e. The highest BCUT2D eigenvalue weighted by Crippen LogP contribution is 2.50. The number of hydrogen-bond donors (Lipinski definition) is 1. The number of aromatic nitrogens is 1. The van der Waals surface area contributed by atoms with Crippen molar-refractivity contribution in [1.82, 2.24) is 4.98 Å². The standard InChI is InChI=1S/C19H23NO/c21-17(12-16-10-13-5-6-14(16)9-13)11-15-7-8-20-19-4-2-1-3-18(15)19/h1-4,7-8,13-14,16-17,21H,5-6,9-12H2. The minimum atomic E-state index is -0.208. The summed E-state index contributed by atoms with van der Waals surface area (Å²) in [5.74, 6) is 2.64. The first-order valence-corrected chi connectivity index (χ1v) is 8.30. The fourth-order valence-corrected chi connectivity index (χ4v) is 4.68. The van der Waals surface area contributed by atoms with Gasteiger partial charge in [0.05, 0.1) is 11.6 Å². The Hall–Kier alpha value is -1.41. The third kappa shape index (κ3) is 2.57. The molecular formula is C19H23NO. The second-order valence-corrected chi connectivity index (χ2v) is 7.02. The SMILES string of the molecule is OC(Cc1ccnc2ccccc12)CC1CC2CCC1C2. The lowest BCUT2D eigenvalue weighted by atomic mass is 9.83. The Morgan fingerprint density at radius 3 is 2.86 bits per heavy atom. The molecule has 2 aromatic rings. The summed E-state index contributed by atoms with van der Waals surface area (Å²) in [4.78, 5) is 4.40. The van der Waals surface area contributed by atoms with Gasteiger partial charge in [0.15, 0.2) is 0 Å². The van der Waals surface area contributed by atoms with E-state index in [9.17, 15) is 5.11 Å². The molecule has 1 aromatic heterocycles. The zero-order valence-corrected chi connectivity index (χ0v) is 12.4. The largest absolute Gasteiger partial charge is 0.393 e. The molecule has 0 spiro atoms. The van der Waals surface area contributed by atoms with Crippen molar-refractivity contribution in [2.24, 2.45) is 17.8 Å². The fourth-order valence-electron chi connectivity index (χ4n) is 4.68. The van der Waals surface area contributed by atoms with Crippen LogP contribution in [0, 0.1) is 17.8 Å². The molecule has 2 saturated carbocycles. The van der Waals surface area contributed by atoms with Gasteiger partial charge in [-0.05, 0) is 67.6 Å². The van der Waals surface area contributed by atoms with Crippen LogP contribution in [-0.2, 0) is 6.42 Å². The van der Waals surface area contributed by atoms with E-state index in [4.69, 9.17) is 0 Å². The van der Waals surface area contributed by atoms with Gasteiger partial charge in [-0.2, -0.15) is 0 Å². The molecule has 1 heterocycles. The van der Waals surface area contributed by atoms with Crippen molar-refractivity contribution >= 4 is 10.9 Å². The third-order valence-electron chi connectivity index (χ3n) is 5.65. The van der Waals surface area contributed by atoms with E-state index in [0.29, 0.717) is 0 Å². The van der Waals surface area contributed by atoms with Crippen molar-refractivity contribution in [2.45, 2.75) is 44.6 Å². The van der Waals surface area contributed by atoms with Crippen LogP contribution in [0.1, 0.15) is 37.7 Å². The summed E-state index contributed by atoms with van der Waals surface area (Å²) in [6.07, 6.45) is 9.03. The summed E-state index contributed by atoms with van der Waals surface area (Å²) in [5, 5.41) is 11.7. The van der Waals surface area contributed by atoms with Crippen LogP contribution in [0.3, 0.4) is 0 Å². The van der Waals surface area contributed by atoms with Crippen molar-refractivity contribution in [3.05, 3.63) is 42.1 Å². The highest BCUT2D eigenvalue weighted by Gasteiger charge is 2.39. The van der Waals surface area contributed by atoms with Crippen molar-refractivity contribution in [1.29, 1.82) is 0 Å². The maximum Gasteiger partial charge on any atom is 0.0704 e. The lowest BCUT2D eigenvalue weighted by Gasteiger charge is -2.24. The fraction of sp³-hybridized carbons (Fsp3) is 0.526. The van der Waals surface area contributed by atoms with E-state index < -0.39 is 0 Å². The molecule has 2 bridgehead atoms. The molecule has 4 atom stereocenters. The Labute approximate surface area is 126 Å². The first kappa shape index (κ1) is 13.3. The van der Waals surface area contributed by atoms with Crippen LogP contribution in [0.5, 0.6) is 0 Å². The Kier molecular flexibility index (Phi) is 3.42. The average molecular weight is 281 g/mol. The first-order valence-electron chi connectivity index (χ1n) is 8.30. The molecular weight excluding hydrogens is 258 g/mol. The van der Waals surface area contributed by atoms with Crippen LogP contribution in [0.2, 0.25) is 0 Å². The molecule has 4 unspecified atom stereocenters. The van der Waals surface area contributed by atoms with E-state index in [1.165, 1.54) is 36.6 Å². The molecule has 2 nitrogen and oxygen atoms in total. The lowest BCUT2D eigenvalue weighted by Crippen LogP contribution is -2.20. The molecule has 2 heteroatoms. The zero-order valence-electron chi connectivity index (χ0n) is 12.4. The predicted molar refractivity (Wildman–Crippen MR) is 85.0 cm³/mol. The minimum absolute atomic E-state index is 0.208. The van der Waals surface area contributed by atoms with Gasteiger partial charge in [-0.3, -0.25) is 4.98 Å². The van der Waals surface area contributed by atoms with Gasteiger partial charge in [-0.25, -0.2) is 0 Å². The predicted octanol–water partition coefficient (Wildman–Crippen LogP) is 3.96. The number of benzene rings is 1. The lowest BCUT2D eigenvalue weighted by molar-refractivity contribution is 0.125. The van der Waals surface area contributed by atoms with E-state index >= 15 is 0 Å². The normalized spacial score (nSPS) is 29.1. The number of aliphatic hydroxyl groups excluding tert-OH is 1. The van der Waals surface area contributed by atoms with Gasteiger partial charge in [0, 0.05) is 11.6 Å². The minimum Gasteiger partial charge on any atom is -0.393 e. The molecule has 0 radical (unpaired) electrons. The average Bonchev–Trinajstić information content (AvgIpc) is 3.10.